The lowest BCUT2D eigenvalue weighted by Gasteiger charge is -2.48. The van der Waals surface area contributed by atoms with Crippen LogP contribution in [-0.2, 0) is 0 Å². The minimum absolute atomic E-state index is 0.661. The maximum absolute atomic E-state index is 3.84. The second kappa shape index (κ2) is 5.05. The average Bonchev–Trinajstić information content (AvgIpc) is 2.19. The molecule has 2 fully saturated rings. The van der Waals surface area contributed by atoms with Crippen LogP contribution in [0.25, 0.3) is 0 Å². The number of piperidine rings is 2. The van der Waals surface area contributed by atoms with Gasteiger partial charge in [-0.3, -0.25) is 0 Å². The number of nitrogens with one attached hydrogen (secondary N) is 1. The van der Waals surface area contributed by atoms with E-state index in [1.165, 1.54) is 32.1 Å². The largest absolute Gasteiger partial charge is 0.311 e. The van der Waals surface area contributed by atoms with Gasteiger partial charge in [0.15, 0.2) is 0 Å². The van der Waals surface area contributed by atoms with Crippen molar-refractivity contribution >= 4 is 0 Å². The molecule has 16 heavy (non-hydrogen) atoms. The number of hydrogen-bond acceptors (Lipinski definition) is 2. The molecule has 2 rings (SSSR count). The highest BCUT2D eigenvalue weighted by atomic mass is 15.2. The van der Waals surface area contributed by atoms with Gasteiger partial charge in [0.1, 0.15) is 0 Å². The summed E-state index contributed by atoms with van der Waals surface area (Å²) in [6.07, 6.45) is 7.02. The average molecular weight is 224 g/mol. The van der Waals surface area contributed by atoms with Gasteiger partial charge < -0.3 is 10.2 Å². The van der Waals surface area contributed by atoms with Crippen molar-refractivity contribution in [2.24, 2.45) is 5.92 Å². The number of hydrogen-bond donors (Lipinski definition) is 1. The van der Waals surface area contributed by atoms with Crippen LogP contribution < -0.4 is 5.32 Å². The van der Waals surface area contributed by atoms with Crippen molar-refractivity contribution in [2.75, 3.05) is 7.05 Å². The predicted molar refractivity (Wildman–Crippen MR) is 69.6 cm³/mol. The molecule has 3 unspecified atom stereocenters. The second-order valence-electron chi connectivity index (χ2n) is 6.27. The maximum atomic E-state index is 3.84. The molecule has 0 aromatic heterocycles. The lowest BCUT2D eigenvalue weighted by molar-refractivity contribution is 0.0449. The molecule has 2 bridgehead atoms. The number of rotatable bonds is 3. The molecule has 2 heteroatoms. The summed E-state index contributed by atoms with van der Waals surface area (Å²) in [6, 6.07) is 3.13. The Morgan fingerprint density at radius 2 is 1.62 bits per heavy atom. The van der Waals surface area contributed by atoms with E-state index in [-0.39, 0.29) is 0 Å². The van der Waals surface area contributed by atoms with E-state index in [9.17, 15) is 0 Å². The molecule has 0 spiro atoms. The van der Waals surface area contributed by atoms with Crippen molar-refractivity contribution < 1.29 is 0 Å². The quantitative estimate of drug-likeness (QED) is 0.793. The monoisotopic (exact) mass is 224 g/mol. The Hall–Kier alpha value is -0.0800. The topological polar surface area (TPSA) is 15.3 Å². The molecule has 2 nitrogen and oxygen atoms in total. The summed E-state index contributed by atoms with van der Waals surface area (Å²) < 4.78 is 0. The molecule has 2 heterocycles. The standard InChI is InChI=1S/C14H28N2/c1-10(2)11(3)15-12-8-13-6-5-7-14(9-12)16(13)4/h10-15H,5-9H2,1-4H3. The highest BCUT2D eigenvalue weighted by Crippen LogP contribution is 2.32. The Morgan fingerprint density at radius 1 is 1.06 bits per heavy atom. The van der Waals surface area contributed by atoms with Crippen LogP contribution in [0.3, 0.4) is 0 Å². The van der Waals surface area contributed by atoms with E-state index in [0.717, 1.165) is 24.0 Å². The summed E-state index contributed by atoms with van der Waals surface area (Å²) >= 11 is 0. The normalized spacial score (nSPS) is 37.7. The molecule has 0 aliphatic carbocycles. The first-order chi connectivity index (χ1) is 7.58. The molecule has 0 radical (unpaired) electrons. The van der Waals surface area contributed by atoms with Crippen molar-refractivity contribution in [2.45, 2.75) is 77.0 Å². The SMILES string of the molecule is CC(C)C(C)NC1CC2CCCC(C1)N2C. The molecule has 1 N–H and O–H groups in total. The first-order valence-corrected chi connectivity index (χ1v) is 7.06. The van der Waals surface area contributed by atoms with E-state index in [2.05, 4.69) is 38.0 Å². The Morgan fingerprint density at radius 3 is 2.12 bits per heavy atom. The van der Waals surface area contributed by atoms with Gasteiger partial charge in [-0.15, -0.1) is 0 Å². The summed E-state index contributed by atoms with van der Waals surface area (Å²) in [6.45, 7) is 6.96. The van der Waals surface area contributed by atoms with Gasteiger partial charge in [0.2, 0.25) is 0 Å². The van der Waals surface area contributed by atoms with Crippen LogP contribution in [-0.4, -0.2) is 36.1 Å². The lowest BCUT2D eigenvalue weighted by Crippen LogP contribution is -2.56. The highest BCUT2D eigenvalue weighted by molar-refractivity contribution is 4.94. The summed E-state index contributed by atoms with van der Waals surface area (Å²) in [4.78, 5) is 2.64. The van der Waals surface area contributed by atoms with E-state index >= 15 is 0 Å². The minimum atomic E-state index is 0.661. The van der Waals surface area contributed by atoms with Gasteiger partial charge in [0, 0.05) is 24.2 Å². The Bertz CT molecular complexity index is 210. The zero-order valence-electron chi connectivity index (χ0n) is 11.4. The molecule has 94 valence electrons. The molecule has 0 saturated carbocycles. The lowest BCUT2D eigenvalue weighted by atomic mass is 9.82. The molecule has 2 aliphatic heterocycles. The van der Waals surface area contributed by atoms with Crippen molar-refractivity contribution in [1.82, 2.24) is 10.2 Å². The van der Waals surface area contributed by atoms with Crippen LogP contribution in [0.5, 0.6) is 0 Å². The van der Waals surface area contributed by atoms with Gasteiger partial charge >= 0.3 is 0 Å². The van der Waals surface area contributed by atoms with E-state index in [4.69, 9.17) is 0 Å². The van der Waals surface area contributed by atoms with Crippen molar-refractivity contribution in [3.8, 4) is 0 Å². The predicted octanol–water partition coefficient (Wildman–Crippen LogP) is 2.64. The molecule has 3 atom stereocenters. The van der Waals surface area contributed by atoms with Gasteiger partial charge in [-0.2, -0.15) is 0 Å². The molecule has 0 aromatic rings. The van der Waals surface area contributed by atoms with Gasteiger partial charge in [0.05, 0.1) is 0 Å². The van der Waals surface area contributed by atoms with Crippen LogP contribution in [0.4, 0.5) is 0 Å². The maximum Gasteiger partial charge on any atom is 0.0110 e. The van der Waals surface area contributed by atoms with Crippen molar-refractivity contribution in [3.05, 3.63) is 0 Å². The van der Waals surface area contributed by atoms with Crippen LogP contribution in [0, 0.1) is 5.92 Å². The van der Waals surface area contributed by atoms with Crippen molar-refractivity contribution in [1.29, 1.82) is 0 Å². The second-order valence-corrected chi connectivity index (χ2v) is 6.27. The van der Waals surface area contributed by atoms with Gasteiger partial charge in [-0.25, -0.2) is 0 Å². The molecule has 2 saturated heterocycles. The van der Waals surface area contributed by atoms with Crippen LogP contribution in [0.1, 0.15) is 52.9 Å². The zero-order chi connectivity index (χ0) is 11.7. The van der Waals surface area contributed by atoms with Gasteiger partial charge in [-0.1, -0.05) is 20.3 Å². The van der Waals surface area contributed by atoms with Crippen LogP contribution >= 0.6 is 0 Å². The molecule has 0 aromatic carbocycles. The van der Waals surface area contributed by atoms with E-state index in [1.54, 1.807) is 0 Å². The van der Waals surface area contributed by atoms with E-state index in [1.807, 2.05) is 0 Å². The third-order valence-electron chi connectivity index (χ3n) is 4.84. The fourth-order valence-corrected chi connectivity index (χ4v) is 3.32. The fourth-order valence-electron chi connectivity index (χ4n) is 3.32. The Kier molecular flexibility index (Phi) is 3.91. The molecular weight excluding hydrogens is 196 g/mol. The third-order valence-corrected chi connectivity index (χ3v) is 4.84. The third kappa shape index (κ3) is 2.60. The molecular formula is C14H28N2. The fraction of sp³-hybridized carbons (Fsp3) is 1.00. The summed E-state index contributed by atoms with van der Waals surface area (Å²) in [5.74, 6) is 0.750. The number of nitrogens with zero attached hydrogens (tertiary/aromatic N) is 1. The van der Waals surface area contributed by atoms with Gasteiger partial charge in [-0.05, 0) is 45.6 Å². The summed E-state index contributed by atoms with van der Waals surface area (Å²) in [5.41, 5.74) is 0. The summed E-state index contributed by atoms with van der Waals surface area (Å²) in [5, 5.41) is 3.84. The van der Waals surface area contributed by atoms with Crippen molar-refractivity contribution in [3.63, 3.8) is 0 Å². The molecule has 2 aliphatic rings. The van der Waals surface area contributed by atoms with E-state index in [0.29, 0.717) is 6.04 Å². The Balaban J connectivity index is 1.89. The Labute approximate surface area is 101 Å². The van der Waals surface area contributed by atoms with Gasteiger partial charge in [0.25, 0.3) is 0 Å². The first-order valence-electron chi connectivity index (χ1n) is 7.06. The van der Waals surface area contributed by atoms with Crippen LogP contribution in [0.2, 0.25) is 0 Å². The summed E-state index contributed by atoms with van der Waals surface area (Å²) in [7, 11) is 2.33. The minimum Gasteiger partial charge on any atom is -0.311 e. The highest BCUT2D eigenvalue weighted by Gasteiger charge is 2.36. The smallest absolute Gasteiger partial charge is 0.0110 e. The number of fused-ring (bicyclic) bond motifs is 2. The van der Waals surface area contributed by atoms with Crippen LogP contribution in [0.15, 0.2) is 0 Å². The first kappa shape index (κ1) is 12.4. The molecule has 0 amide bonds. The van der Waals surface area contributed by atoms with E-state index < -0.39 is 0 Å². The zero-order valence-corrected chi connectivity index (χ0v) is 11.4.